The molecule has 0 aliphatic carbocycles. The first-order valence-corrected chi connectivity index (χ1v) is 6.74. The van der Waals surface area contributed by atoms with Crippen molar-refractivity contribution in [2.24, 2.45) is 5.92 Å². The molecule has 94 valence electrons. The molecule has 3 heteroatoms. The van der Waals surface area contributed by atoms with E-state index < -0.39 is 0 Å². The van der Waals surface area contributed by atoms with Crippen molar-refractivity contribution in [3.05, 3.63) is 0 Å². The van der Waals surface area contributed by atoms with Crippen LogP contribution in [0.4, 0.5) is 0 Å². The van der Waals surface area contributed by atoms with E-state index in [1.165, 1.54) is 25.9 Å². The Kier molecular flexibility index (Phi) is 4.22. The van der Waals surface area contributed by atoms with Crippen molar-refractivity contribution >= 4 is 0 Å². The van der Waals surface area contributed by atoms with Crippen LogP contribution in [0.3, 0.4) is 0 Å². The van der Waals surface area contributed by atoms with Crippen LogP contribution in [0.2, 0.25) is 0 Å². The molecule has 0 aromatic rings. The fourth-order valence-electron chi connectivity index (χ4n) is 3.20. The Labute approximate surface area is 99.5 Å². The summed E-state index contributed by atoms with van der Waals surface area (Å²) >= 11 is 0. The number of piperidine rings is 1. The summed E-state index contributed by atoms with van der Waals surface area (Å²) in [5.74, 6) is 0.883. The molecule has 0 radical (unpaired) electrons. The van der Waals surface area contributed by atoms with E-state index in [9.17, 15) is 0 Å². The van der Waals surface area contributed by atoms with Crippen LogP contribution in [0.15, 0.2) is 0 Å². The normalized spacial score (nSPS) is 42.2. The molecule has 0 bridgehead atoms. The van der Waals surface area contributed by atoms with Gasteiger partial charge >= 0.3 is 0 Å². The minimum atomic E-state index is 0.405. The largest absolute Gasteiger partial charge is 0.373 e. The third-order valence-electron chi connectivity index (χ3n) is 3.74. The third kappa shape index (κ3) is 3.44. The number of hydrogen-bond acceptors (Lipinski definition) is 3. The monoisotopic (exact) mass is 226 g/mol. The molecule has 1 N–H and O–H groups in total. The fourth-order valence-corrected chi connectivity index (χ4v) is 3.20. The molecule has 2 saturated heterocycles. The van der Waals surface area contributed by atoms with Crippen LogP contribution in [-0.4, -0.2) is 49.3 Å². The first-order chi connectivity index (χ1) is 7.63. The van der Waals surface area contributed by atoms with Crippen LogP contribution in [0, 0.1) is 5.92 Å². The van der Waals surface area contributed by atoms with Crippen molar-refractivity contribution in [2.75, 3.05) is 26.2 Å². The maximum absolute atomic E-state index is 5.77. The smallest absolute Gasteiger partial charge is 0.0678 e. The van der Waals surface area contributed by atoms with Gasteiger partial charge in [-0.1, -0.05) is 0 Å². The quantitative estimate of drug-likeness (QED) is 0.772. The van der Waals surface area contributed by atoms with E-state index in [-0.39, 0.29) is 0 Å². The number of nitrogens with one attached hydrogen (secondary N) is 1. The maximum Gasteiger partial charge on any atom is 0.0678 e. The Bertz CT molecular complexity index is 212. The number of ether oxygens (including phenoxy) is 1. The summed E-state index contributed by atoms with van der Waals surface area (Å²) in [7, 11) is 0. The average molecular weight is 226 g/mol. The molecular weight excluding hydrogens is 200 g/mol. The van der Waals surface area contributed by atoms with E-state index >= 15 is 0 Å². The average Bonchev–Trinajstić information content (AvgIpc) is 2.15. The Morgan fingerprint density at radius 3 is 2.50 bits per heavy atom. The summed E-state index contributed by atoms with van der Waals surface area (Å²) in [4.78, 5) is 2.60. The van der Waals surface area contributed by atoms with Crippen molar-refractivity contribution in [1.29, 1.82) is 0 Å². The predicted molar refractivity (Wildman–Crippen MR) is 66.6 cm³/mol. The van der Waals surface area contributed by atoms with E-state index in [2.05, 4.69) is 31.0 Å². The van der Waals surface area contributed by atoms with Crippen molar-refractivity contribution in [1.82, 2.24) is 10.2 Å². The Hall–Kier alpha value is -0.120. The van der Waals surface area contributed by atoms with Crippen LogP contribution in [0.5, 0.6) is 0 Å². The second-order valence-electron chi connectivity index (χ2n) is 5.72. The van der Waals surface area contributed by atoms with E-state index in [1.807, 2.05) is 0 Å². The molecule has 4 atom stereocenters. The van der Waals surface area contributed by atoms with E-state index in [4.69, 9.17) is 4.74 Å². The van der Waals surface area contributed by atoms with Gasteiger partial charge in [0.05, 0.1) is 12.2 Å². The van der Waals surface area contributed by atoms with E-state index in [0.29, 0.717) is 18.2 Å². The highest BCUT2D eigenvalue weighted by Gasteiger charge is 2.26. The van der Waals surface area contributed by atoms with Crippen molar-refractivity contribution in [3.63, 3.8) is 0 Å². The molecule has 2 rings (SSSR count). The van der Waals surface area contributed by atoms with Crippen molar-refractivity contribution in [2.45, 2.75) is 51.9 Å². The van der Waals surface area contributed by atoms with Gasteiger partial charge in [0.1, 0.15) is 0 Å². The summed E-state index contributed by atoms with van der Waals surface area (Å²) in [5.41, 5.74) is 0. The first-order valence-electron chi connectivity index (χ1n) is 6.74. The predicted octanol–water partition coefficient (Wildman–Crippen LogP) is 1.48. The lowest BCUT2D eigenvalue weighted by molar-refractivity contribution is -0.0725. The summed E-state index contributed by atoms with van der Waals surface area (Å²) in [6.45, 7) is 11.4. The highest BCUT2D eigenvalue weighted by molar-refractivity contribution is 4.80. The van der Waals surface area contributed by atoms with Crippen LogP contribution in [-0.2, 0) is 4.74 Å². The Morgan fingerprint density at radius 2 is 1.88 bits per heavy atom. The lowest BCUT2D eigenvalue weighted by atomic mass is 9.92. The second-order valence-corrected chi connectivity index (χ2v) is 5.72. The van der Waals surface area contributed by atoms with Gasteiger partial charge in [-0.25, -0.2) is 0 Å². The summed E-state index contributed by atoms with van der Waals surface area (Å²) in [6, 6.07) is 0.703. The van der Waals surface area contributed by atoms with Crippen molar-refractivity contribution < 1.29 is 4.74 Å². The summed E-state index contributed by atoms with van der Waals surface area (Å²) in [6.07, 6.45) is 3.48. The molecule has 2 aliphatic heterocycles. The Balaban J connectivity index is 1.79. The van der Waals surface area contributed by atoms with Gasteiger partial charge in [0.2, 0.25) is 0 Å². The number of nitrogens with zero attached hydrogens (tertiary/aromatic N) is 1. The minimum absolute atomic E-state index is 0.405. The van der Waals surface area contributed by atoms with Gasteiger partial charge in [-0.05, 0) is 46.1 Å². The van der Waals surface area contributed by atoms with Gasteiger partial charge < -0.3 is 10.1 Å². The number of rotatable bonds is 2. The van der Waals surface area contributed by atoms with Gasteiger partial charge in [-0.3, -0.25) is 4.90 Å². The van der Waals surface area contributed by atoms with E-state index in [1.54, 1.807) is 0 Å². The summed E-state index contributed by atoms with van der Waals surface area (Å²) < 4.78 is 5.77. The van der Waals surface area contributed by atoms with Crippen LogP contribution >= 0.6 is 0 Å². The summed E-state index contributed by atoms with van der Waals surface area (Å²) in [5, 5.41) is 3.52. The molecule has 2 aliphatic rings. The van der Waals surface area contributed by atoms with Crippen LogP contribution in [0.1, 0.15) is 33.6 Å². The van der Waals surface area contributed by atoms with Gasteiger partial charge in [0.25, 0.3) is 0 Å². The van der Waals surface area contributed by atoms with Gasteiger partial charge in [0, 0.05) is 25.7 Å². The molecule has 0 spiro atoms. The molecule has 0 saturated carbocycles. The molecule has 0 aromatic heterocycles. The van der Waals surface area contributed by atoms with Crippen molar-refractivity contribution in [3.8, 4) is 0 Å². The molecule has 0 amide bonds. The molecule has 2 fully saturated rings. The van der Waals surface area contributed by atoms with E-state index in [0.717, 1.165) is 19.0 Å². The minimum Gasteiger partial charge on any atom is -0.373 e. The zero-order valence-corrected chi connectivity index (χ0v) is 10.9. The lowest BCUT2D eigenvalue weighted by Crippen LogP contribution is -2.48. The molecule has 2 unspecified atom stereocenters. The van der Waals surface area contributed by atoms with Crippen LogP contribution in [0.25, 0.3) is 0 Å². The molecule has 2 heterocycles. The maximum atomic E-state index is 5.77. The van der Waals surface area contributed by atoms with Gasteiger partial charge in [-0.15, -0.1) is 0 Å². The highest BCUT2D eigenvalue weighted by Crippen LogP contribution is 2.20. The molecular formula is C13H26N2O. The molecule has 0 aromatic carbocycles. The van der Waals surface area contributed by atoms with Gasteiger partial charge in [0.15, 0.2) is 0 Å². The Morgan fingerprint density at radius 1 is 1.19 bits per heavy atom. The van der Waals surface area contributed by atoms with Crippen LogP contribution < -0.4 is 5.32 Å². The zero-order valence-electron chi connectivity index (χ0n) is 10.9. The third-order valence-corrected chi connectivity index (χ3v) is 3.74. The SMILES string of the molecule is CC1CC(CN2C[C@@H](C)O[C@@H](C)C2)CCN1. The topological polar surface area (TPSA) is 24.5 Å². The first kappa shape index (κ1) is 12.3. The second kappa shape index (κ2) is 5.48. The number of morpholine rings is 1. The van der Waals surface area contributed by atoms with Gasteiger partial charge in [-0.2, -0.15) is 0 Å². The molecule has 16 heavy (non-hydrogen) atoms. The standard InChI is InChI=1S/C13H26N2O/c1-10-6-13(4-5-14-10)9-15-7-11(2)16-12(3)8-15/h10-14H,4-9H2,1-3H3/t10?,11-,12+,13?. The number of hydrogen-bond donors (Lipinski definition) is 1. The lowest BCUT2D eigenvalue weighted by Gasteiger charge is -2.39. The molecule has 3 nitrogen and oxygen atoms in total. The fraction of sp³-hybridized carbons (Fsp3) is 1.00. The highest BCUT2D eigenvalue weighted by atomic mass is 16.5. The zero-order chi connectivity index (χ0) is 11.5.